The highest BCUT2D eigenvalue weighted by molar-refractivity contribution is 6.30. The number of ether oxygens (including phenoxy) is 1. The first-order chi connectivity index (χ1) is 13.6. The van der Waals surface area contributed by atoms with Gasteiger partial charge in [0.25, 0.3) is 0 Å². The molecule has 1 aliphatic heterocycles. The van der Waals surface area contributed by atoms with E-state index >= 15 is 0 Å². The van der Waals surface area contributed by atoms with Crippen molar-refractivity contribution in [3.05, 3.63) is 59.1 Å². The number of hydrogen-bond donors (Lipinski definition) is 1. The fourth-order valence-corrected chi connectivity index (χ4v) is 3.88. The van der Waals surface area contributed by atoms with Crippen LogP contribution in [0.5, 0.6) is 5.75 Å². The Labute approximate surface area is 170 Å². The van der Waals surface area contributed by atoms with Gasteiger partial charge >= 0.3 is 0 Å². The third-order valence-electron chi connectivity index (χ3n) is 5.24. The van der Waals surface area contributed by atoms with Gasteiger partial charge in [-0.25, -0.2) is 0 Å². The van der Waals surface area contributed by atoms with Crippen molar-refractivity contribution in [3.8, 4) is 5.75 Å². The van der Waals surface area contributed by atoms with E-state index in [1.807, 2.05) is 53.4 Å². The van der Waals surface area contributed by atoms with Crippen LogP contribution in [0.25, 0.3) is 0 Å². The number of hydrogen-bond acceptors (Lipinski definition) is 4. The number of aliphatic hydroxyl groups excluding tert-OH is 1. The number of aliphatic hydroxyl groups is 1. The maximum Gasteiger partial charge on any atom is 0.224 e. The molecule has 1 aliphatic carbocycles. The van der Waals surface area contributed by atoms with Crippen LogP contribution in [0.2, 0.25) is 5.02 Å². The monoisotopic (exact) mass is 400 g/mol. The number of para-hydroxylation sites is 1. The molecule has 0 spiro atoms. The quantitative estimate of drug-likeness (QED) is 0.806. The molecule has 28 heavy (non-hydrogen) atoms. The standard InChI is InChI=1S/C22H25ClN2O3/c23-17-6-9-21-16(12-17)13-25(18-7-8-18)22(27)10-11-24(21)14-19(26)15-28-20-4-2-1-3-5-20/h1-6,9,12,18-19,26H,7-8,10-11,13-15H2. The van der Waals surface area contributed by atoms with E-state index in [1.54, 1.807) is 0 Å². The molecule has 2 aromatic rings. The molecular weight excluding hydrogens is 376 g/mol. The molecule has 5 nitrogen and oxygen atoms in total. The van der Waals surface area contributed by atoms with Crippen LogP contribution in [-0.4, -0.2) is 47.8 Å². The van der Waals surface area contributed by atoms with Gasteiger partial charge in [-0.15, -0.1) is 0 Å². The molecule has 148 valence electrons. The molecular formula is C22H25ClN2O3. The van der Waals surface area contributed by atoms with Gasteiger partial charge in [0.1, 0.15) is 18.5 Å². The van der Waals surface area contributed by atoms with Crippen LogP contribution in [-0.2, 0) is 11.3 Å². The van der Waals surface area contributed by atoms with E-state index in [9.17, 15) is 9.90 Å². The van der Waals surface area contributed by atoms with Gasteiger partial charge in [-0.3, -0.25) is 4.79 Å². The van der Waals surface area contributed by atoms with Gasteiger partial charge in [0.2, 0.25) is 5.91 Å². The fourth-order valence-electron chi connectivity index (χ4n) is 3.68. The molecule has 2 aromatic carbocycles. The molecule has 0 bridgehead atoms. The second-order valence-electron chi connectivity index (χ2n) is 7.50. The molecule has 1 N–H and O–H groups in total. The summed E-state index contributed by atoms with van der Waals surface area (Å²) in [7, 11) is 0. The number of anilines is 1. The zero-order chi connectivity index (χ0) is 19.5. The molecule has 1 unspecified atom stereocenters. The summed E-state index contributed by atoms with van der Waals surface area (Å²) in [6.07, 6.45) is 1.95. The molecule has 1 atom stereocenters. The van der Waals surface area contributed by atoms with E-state index < -0.39 is 6.10 Å². The maximum absolute atomic E-state index is 12.7. The summed E-state index contributed by atoms with van der Waals surface area (Å²) in [4.78, 5) is 16.7. The van der Waals surface area contributed by atoms with Crippen molar-refractivity contribution in [2.45, 2.75) is 38.0 Å². The number of nitrogens with zero attached hydrogens (tertiary/aromatic N) is 2. The first-order valence-corrected chi connectivity index (χ1v) is 10.2. The highest BCUT2D eigenvalue weighted by Crippen LogP contribution is 2.34. The average Bonchev–Trinajstić information content (AvgIpc) is 3.52. The SMILES string of the molecule is O=C1CCN(CC(O)COc2ccccc2)c2ccc(Cl)cc2CN1C1CC1. The van der Waals surface area contributed by atoms with E-state index in [4.69, 9.17) is 16.3 Å². The minimum absolute atomic E-state index is 0.174. The number of carbonyl (C=O) groups excluding carboxylic acids is 1. The Morgan fingerprint density at radius 1 is 1.18 bits per heavy atom. The second-order valence-corrected chi connectivity index (χ2v) is 7.94. The topological polar surface area (TPSA) is 53.0 Å². The largest absolute Gasteiger partial charge is 0.491 e. The predicted octanol–water partition coefficient (Wildman–Crippen LogP) is 3.48. The van der Waals surface area contributed by atoms with Crippen molar-refractivity contribution in [1.29, 1.82) is 0 Å². The molecule has 1 heterocycles. The number of carbonyl (C=O) groups is 1. The van der Waals surface area contributed by atoms with Crippen LogP contribution in [0.15, 0.2) is 48.5 Å². The van der Waals surface area contributed by atoms with Crippen molar-refractivity contribution < 1.29 is 14.6 Å². The average molecular weight is 401 g/mol. The fraction of sp³-hybridized carbons (Fsp3) is 0.409. The zero-order valence-electron chi connectivity index (χ0n) is 15.8. The van der Waals surface area contributed by atoms with Gasteiger partial charge in [0.05, 0.1) is 0 Å². The number of rotatable bonds is 6. The molecule has 6 heteroatoms. The lowest BCUT2D eigenvalue weighted by molar-refractivity contribution is -0.132. The van der Waals surface area contributed by atoms with Gasteiger partial charge in [-0.2, -0.15) is 0 Å². The zero-order valence-corrected chi connectivity index (χ0v) is 16.5. The highest BCUT2D eigenvalue weighted by atomic mass is 35.5. The molecule has 0 radical (unpaired) electrons. The van der Waals surface area contributed by atoms with E-state index in [-0.39, 0.29) is 12.5 Å². The molecule has 4 rings (SSSR count). The molecule has 1 amide bonds. The third-order valence-corrected chi connectivity index (χ3v) is 5.48. The number of halogens is 1. The summed E-state index contributed by atoms with van der Waals surface area (Å²) in [5.41, 5.74) is 2.06. The molecule has 1 saturated carbocycles. The maximum atomic E-state index is 12.7. The van der Waals surface area contributed by atoms with Crippen LogP contribution in [0.1, 0.15) is 24.8 Å². The number of fused-ring (bicyclic) bond motifs is 1. The van der Waals surface area contributed by atoms with Crippen molar-refractivity contribution in [2.24, 2.45) is 0 Å². The smallest absolute Gasteiger partial charge is 0.224 e. The normalized spacial score (nSPS) is 18.3. The van der Waals surface area contributed by atoms with Crippen molar-refractivity contribution in [3.63, 3.8) is 0 Å². The van der Waals surface area contributed by atoms with E-state index in [0.717, 1.165) is 29.8 Å². The highest BCUT2D eigenvalue weighted by Gasteiger charge is 2.34. The molecule has 0 saturated heterocycles. The van der Waals surface area contributed by atoms with Gasteiger partial charge in [-0.1, -0.05) is 29.8 Å². The lowest BCUT2D eigenvalue weighted by Gasteiger charge is -2.34. The predicted molar refractivity (Wildman–Crippen MR) is 110 cm³/mol. The Balaban J connectivity index is 1.48. The molecule has 2 aliphatic rings. The Bertz CT molecular complexity index is 826. The summed E-state index contributed by atoms with van der Waals surface area (Å²) in [6.45, 7) is 1.75. The lowest BCUT2D eigenvalue weighted by Crippen LogP contribution is -2.42. The first-order valence-electron chi connectivity index (χ1n) is 9.79. The molecule has 0 aromatic heterocycles. The van der Waals surface area contributed by atoms with Crippen LogP contribution in [0, 0.1) is 0 Å². The van der Waals surface area contributed by atoms with Crippen LogP contribution in [0.4, 0.5) is 5.69 Å². The minimum atomic E-state index is -0.669. The van der Waals surface area contributed by atoms with E-state index in [1.165, 1.54) is 0 Å². The second kappa shape index (κ2) is 8.41. The van der Waals surface area contributed by atoms with E-state index in [0.29, 0.717) is 37.1 Å². The van der Waals surface area contributed by atoms with Gasteiger partial charge < -0.3 is 19.6 Å². The summed E-state index contributed by atoms with van der Waals surface area (Å²) in [6, 6.07) is 15.6. The number of amides is 1. The minimum Gasteiger partial charge on any atom is -0.491 e. The van der Waals surface area contributed by atoms with Gasteiger partial charge in [0.15, 0.2) is 0 Å². The Hall–Kier alpha value is -2.24. The first kappa shape index (κ1) is 19.1. The van der Waals surface area contributed by atoms with Gasteiger partial charge in [0, 0.05) is 42.8 Å². The number of benzene rings is 2. The van der Waals surface area contributed by atoms with Crippen LogP contribution >= 0.6 is 11.6 Å². The molecule has 1 fully saturated rings. The van der Waals surface area contributed by atoms with Crippen LogP contribution < -0.4 is 9.64 Å². The van der Waals surface area contributed by atoms with Crippen molar-refractivity contribution in [2.75, 3.05) is 24.6 Å². The van der Waals surface area contributed by atoms with Gasteiger partial charge in [-0.05, 0) is 48.7 Å². The Morgan fingerprint density at radius 3 is 2.71 bits per heavy atom. The summed E-state index contributed by atoms with van der Waals surface area (Å²) >= 11 is 6.23. The Kier molecular flexibility index (Phi) is 5.74. The number of β-amino-alcohol motifs (C(OH)–C–C–N with tert-alkyl or cyclic N) is 1. The lowest BCUT2D eigenvalue weighted by atomic mass is 10.1. The van der Waals surface area contributed by atoms with Crippen molar-refractivity contribution in [1.82, 2.24) is 4.90 Å². The summed E-state index contributed by atoms with van der Waals surface area (Å²) in [5.74, 6) is 0.907. The van der Waals surface area contributed by atoms with Crippen molar-refractivity contribution >= 4 is 23.2 Å². The Morgan fingerprint density at radius 2 is 1.96 bits per heavy atom. The summed E-state index contributed by atoms with van der Waals surface area (Å²) < 4.78 is 5.68. The summed E-state index contributed by atoms with van der Waals surface area (Å²) in [5, 5.41) is 11.2. The third kappa shape index (κ3) is 4.59. The van der Waals surface area contributed by atoms with Crippen LogP contribution in [0.3, 0.4) is 0 Å². The van der Waals surface area contributed by atoms with E-state index in [2.05, 4.69) is 4.90 Å².